The summed E-state index contributed by atoms with van der Waals surface area (Å²) in [5.41, 5.74) is 2.29. The summed E-state index contributed by atoms with van der Waals surface area (Å²) in [6.45, 7) is 1.94. The SMILES string of the molecule is Cc1cc(Br)ccc1NC(=O)CNc1ccc([N+](=O)[O-])c2cnccc12. The molecule has 1 amide bonds. The van der Waals surface area contributed by atoms with Crippen molar-refractivity contribution in [3.05, 3.63) is 68.9 Å². The molecule has 7 nitrogen and oxygen atoms in total. The van der Waals surface area contributed by atoms with Crippen molar-refractivity contribution in [1.82, 2.24) is 4.98 Å². The van der Waals surface area contributed by atoms with Crippen LogP contribution in [0.25, 0.3) is 10.8 Å². The van der Waals surface area contributed by atoms with Gasteiger partial charge in [0, 0.05) is 39.7 Å². The van der Waals surface area contributed by atoms with Gasteiger partial charge in [-0.25, -0.2) is 0 Å². The van der Waals surface area contributed by atoms with Gasteiger partial charge in [0.25, 0.3) is 5.69 Å². The summed E-state index contributed by atoms with van der Waals surface area (Å²) in [5, 5.41) is 18.1. The van der Waals surface area contributed by atoms with Crippen LogP contribution in [0, 0.1) is 17.0 Å². The maximum Gasteiger partial charge on any atom is 0.278 e. The molecule has 0 atom stereocenters. The second kappa shape index (κ2) is 7.49. The number of anilines is 2. The molecule has 0 aliphatic heterocycles. The molecular formula is C18H15BrN4O3. The lowest BCUT2D eigenvalue weighted by Gasteiger charge is -2.12. The van der Waals surface area contributed by atoms with E-state index in [0.29, 0.717) is 16.5 Å². The average Bonchev–Trinajstić information content (AvgIpc) is 2.61. The van der Waals surface area contributed by atoms with Gasteiger partial charge in [0.05, 0.1) is 16.9 Å². The van der Waals surface area contributed by atoms with Crippen LogP contribution in [0.15, 0.2) is 53.3 Å². The Hall–Kier alpha value is -3.00. The molecule has 0 aliphatic carbocycles. The molecule has 1 aromatic heterocycles. The fraction of sp³-hybridized carbons (Fsp3) is 0.111. The first-order valence-corrected chi connectivity index (χ1v) is 8.56. The molecule has 0 aliphatic rings. The van der Waals surface area contributed by atoms with Crippen molar-refractivity contribution in [3.8, 4) is 0 Å². The number of aryl methyl sites for hydroxylation is 1. The van der Waals surface area contributed by atoms with Crippen LogP contribution in [0.3, 0.4) is 0 Å². The van der Waals surface area contributed by atoms with Gasteiger partial charge in [-0.2, -0.15) is 0 Å². The van der Waals surface area contributed by atoms with Crippen molar-refractivity contribution in [1.29, 1.82) is 0 Å². The number of hydrogen-bond acceptors (Lipinski definition) is 5. The molecule has 2 aromatic carbocycles. The van der Waals surface area contributed by atoms with Crippen LogP contribution in [0.2, 0.25) is 0 Å². The maximum atomic E-state index is 12.2. The summed E-state index contributed by atoms with van der Waals surface area (Å²) in [5.74, 6) is -0.212. The average molecular weight is 415 g/mol. The van der Waals surface area contributed by atoms with Crippen LogP contribution in [-0.2, 0) is 4.79 Å². The third kappa shape index (κ3) is 3.80. The Balaban J connectivity index is 1.76. The molecule has 0 fully saturated rings. The van der Waals surface area contributed by atoms with Crippen LogP contribution in [0.1, 0.15) is 5.56 Å². The number of nitrogens with zero attached hydrogens (tertiary/aromatic N) is 2. The maximum absolute atomic E-state index is 12.2. The first-order valence-electron chi connectivity index (χ1n) is 7.76. The molecule has 0 saturated heterocycles. The molecular weight excluding hydrogens is 400 g/mol. The molecule has 8 heteroatoms. The minimum atomic E-state index is -0.448. The summed E-state index contributed by atoms with van der Waals surface area (Å²) in [7, 11) is 0. The van der Waals surface area contributed by atoms with Gasteiger partial charge in [-0.05, 0) is 42.8 Å². The number of aromatic nitrogens is 1. The predicted octanol–water partition coefficient (Wildman–Crippen LogP) is 4.26. The number of nitro benzene ring substituents is 1. The molecule has 3 aromatic rings. The summed E-state index contributed by atoms with van der Waals surface area (Å²) >= 11 is 3.38. The second-order valence-electron chi connectivity index (χ2n) is 5.67. The lowest BCUT2D eigenvalue weighted by molar-refractivity contribution is -0.383. The standard InChI is InChI=1S/C18H15BrN4O3/c1-11-8-12(19)2-3-15(11)22-18(24)10-21-16-4-5-17(23(25)26)14-9-20-7-6-13(14)16/h2-9,21H,10H2,1H3,(H,22,24). The fourth-order valence-electron chi connectivity index (χ4n) is 2.63. The van der Waals surface area contributed by atoms with Gasteiger partial charge in [0.15, 0.2) is 0 Å². The first-order chi connectivity index (χ1) is 12.5. The summed E-state index contributed by atoms with van der Waals surface area (Å²) in [4.78, 5) is 26.9. The molecule has 3 rings (SSSR count). The Bertz CT molecular complexity index is 1010. The van der Waals surface area contributed by atoms with E-state index in [1.54, 1.807) is 18.3 Å². The zero-order valence-electron chi connectivity index (χ0n) is 13.8. The highest BCUT2D eigenvalue weighted by Gasteiger charge is 2.15. The van der Waals surface area contributed by atoms with E-state index < -0.39 is 4.92 Å². The number of fused-ring (bicyclic) bond motifs is 1. The summed E-state index contributed by atoms with van der Waals surface area (Å²) in [6.07, 6.45) is 3.01. The van der Waals surface area contributed by atoms with Gasteiger partial charge < -0.3 is 10.6 Å². The predicted molar refractivity (Wildman–Crippen MR) is 104 cm³/mol. The third-order valence-electron chi connectivity index (χ3n) is 3.89. The van der Waals surface area contributed by atoms with Crippen LogP contribution in [0.4, 0.5) is 17.1 Å². The lowest BCUT2D eigenvalue weighted by atomic mass is 10.1. The van der Waals surface area contributed by atoms with Gasteiger partial charge in [0.1, 0.15) is 0 Å². The van der Waals surface area contributed by atoms with Gasteiger partial charge in [-0.15, -0.1) is 0 Å². The van der Waals surface area contributed by atoms with Gasteiger partial charge in [0.2, 0.25) is 5.91 Å². The van der Waals surface area contributed by atoms with Crippen molar-refractivity contribution in [2.24, 2.45) is 0 Å². The number of nitro groups is 1. The number of non-ortho nitro benzene ring substituents is 1. The van der Waals surface area contributed by atoms with Crippen LogP contribution in [0.5, 0.6) is 0 Å². The van der Waals surface area contributed by atoms with E-state index in [1.165, 1.54) is 12.3 Å². The number of carbonyl (C=O) groups is 1. The molecule has 0 unspecified atom stereocenters. The smallest absolute Gasteiger partial charge is 0.278 e. The minimum absolute atomic E-state index is 0.0198. The van der Waals surface area contributed by atoms with E-state index in [-0.39, 0.29) is 18.1 Å². The van der Waals surface area contributed by atoms with E-state index >= 15 is 0 Å². The summed E-state index contributed by atoms with van der Waals surface area (Å²) < 4.78 is 0.942. The lowest BCUT2D eigenvalue weighted by Crippen LogP contribution is -2.22. The molecule has 2 N–H and O–H groups in total. The Morgan fingerprint density at radius 3 is 2.69 bits per heavy atom. The normalized spacial score (nSPS) is 10.5. The van der Waals surface area contributed by atoms with Crippen LogP contribution in [-0.4, -0.2) is 22.4 Å². The van der Waals surface area contributed by atoms with Crippen LogP contribution < -0.4 is 10.6 Å². The second-order valence-corrected chi connectivity index (χ2v) is 6.59. The molecule has 1 heterocycles. The van der Waals surface area contributed by atoms with Gasteiger partial charge >= 0.3 is 0 Å². The molecule has 26 heavy (non-hydrogen) atoms. The molecule has 132 valence electrons. The highest BCUT2D eigenvalue weighted by molar-refractivity contribution is 9.10. The van der Waals surface area contributed by atoms with Crippen molar-refractivity contribution < 1.29 is 9.72 Å². The molecule has 0 radical (unpaired) electrons. The van der Waals surface area contributed by atoms with Crippen LogP contribution >= 0.6 is 15.9 Å². The number of pyridine rings is 1. The minimum Gasteiger partial charge on any atom is -0.376 e. The Morgan fingerprint density at radius 1 is 1.19 bits per heavy atom. The first kappa shape index (κ1) is 17.8. The number of amides is 1. The van der Waals surface area contributed by atoms with E-state index in [4.69, 9.17) is 0 Å². The topological polar surface area (TPSA) is 97.2 Å². The number of benzene rings is 2. The number of hydrogen-bond donors (Lipinski definition) is 2. The highest BCUT2D eigenvalue weighted by atomic mass is 79.9. The largest absolute Gasteiger partial charge is 0.376 e. The zero-order chi connectivity index (χ0) is 18.7. The molecule has 0 saturated carbocycles. The quantitative estimate of drug-likeness (QED) is 0.479. The van der Waals surface area contributed by atoms with E-state index in [2.05, 4.69) is 31.5 Å². The van der Waals surface area contributed by atoms with Crippen molar-refractivity contribution in [2.75, 3.05) is 17.2 Å². The van der Waals surface area contributed by atoms with Crippen molar-refractivity contribution in [3.63, 3.8) is 0 Å². The van der Waals surface area contributed by atoms with Crippen molar-refractivity contribution >= 4 is 49.7 Å². The Kier molecular flexibility index (Phi) is 5.13. The van der Waals surface area contributed by atoms with Gasteiger partial charge in [-0.1, -0.05) is 15.9 Å². The number of rotatable bonds is 5. The Labute approximate surface area is 157 Å². The fourth-order valence-corrected chi connectivity index (χ4v) is 3.10. The number of carbonyl (C=O) groups excluding carboxylic acids is 1. The van der Waals surface area contributed by atoms with Gasteiger partial charge in [-0.3, -0.25) is 19.9 Å². The molecule has 0 spiro atoms. The Morgan fingerprint density at radius 2 is 1.96 bits per heavy atom. The molecule has 0 bridgehead atoms. The third-order valence-corrected chi connectivity index (χ3v) is 4.39. The number of halogens is 1. The van der Waals surface area contributed by atoms with E-state index in [9.17, 15) is 14.9 Å². The summed E-state index contributed by atoms with van der Waals surface area (Å²) in [6, 6.07) is 10.3. The number of nitrogens with one attached hydrogen (secondary N) is 2. The van der Waals surface area contributed by atoms with E-state index in [1.807, 2.05) is 25.1 Å². The zero-order valence-corrected chi connectivity index (χ0v) is 15.4. The monoisotopic (exact) mass is 414 g/mol. The van der Waals surface area contributed by atoms with Crippen molar-refractivity contribution in [2.45, 2.75) is 6.92 Å². The highest BCUT2D eigenvalue weighted by Crippen LogP contribution is 2.30. The van der Waals surface area contributed by atoms with E-state index in [0.717, 1.165) is 15.7 Å².